The van der Waals surface area contributed by atoms with Gasteiger partial charge >= 0.3 is 5.97 Å². The number of amides is 1. The number of pyridine rings is 1. The van der Waals surface area contributed by atoms with E-state index < -0.39 is 17.9 Å². The maximum atomic E-state index is 11.0. The standard InChI is InChI=1S/C13H18N2O4/c1-4-10-12(6-5-8(2)14-10)19-7-11(13(17)18)15-9(3)16/h5-6,11H,4,7H2,1-3H3,(H,15,16)(H,17,18). The van der Waals surface area contributed by atoms with Crippen LogP contribution < -0.4 is 10.1 Å². The van der Waals surface area contributed by atoms with Gasteiger partial charge in [-0.2, -0.15) is 0 Å². The molecule has 1 unspecified atom stereocenters. The number of aryl methyl sites for hydroxylation is 2. The molecule has 6 heteroatoms. The van der Waals surface area contributed by atoms with E-state index >= 15 is 0 Å². The summed E-state index contributed by atoms with van der Waals surface area (Å²) in [6.45, 7) is 4.95. The van der Waals surface area contributed by atoms with Crippen LogP contribution in [0.1, 0.15) is 25.2 Å². The highest BCUT2D eigenvalue weighted by Crippen LogP contribution is 2.17. The lowest BCUT2D eigenvalue weighted by molar-refractivity contribution is -0.142. The number of hydrogen-bond donors (Lipinski definition) is 2. The first kappa shape index (κ1) is 14.9. The van der Waals surface area contributed by atoms with E-state index in [9.17, 15) is 9.59 Å². The van der Waals surface area contributed by atoms with Gasteiger partial charge in [-0.25, -0.2) is 4.79 Å². The van der Waals surface area contributed by atoms with Crippen LogP contribution in [-0.4, -0.2) is 34.6 Å². The molecule has 0 aliphatic heterocycles. The van der Waals surface area contributed by atoms with E-state index in [1.807, 2.05) is 13.8 Å². The van der Waals surface area contributed by atoms with E-state index in [0.29, 0.717) is 12.2 Å². The fourth-order valence-corrected chi connectivity index (χ4v) is 1.58. The van der Waals surface area contributed by atoms with Gasteiger partial charge in [0.05, 0.1) is 5.69 Å². The summed E-state index contributed by atoms with van der Waals surface area (Å²) in [7, 11) is 0. The topological polar surface area (TPSA) is 88.5 Å². The molecule has 0 spiro atoms. The van der Waals surface area contributed by atoms with E-state index in [-0.39, 0.29) is 6.61 Å². The molecule has 2 N–H and O–H groups in total. The van der Waals surface area contributed by atoms with E-state index in [1.54, 1.807) is 12.1 Å². The molecule has 0 saturated carbocycles. The molecule has 1 heterocycles. The van der Waals surface area contributed by atoms with Gasteiger partial charge in [0.2, 0.25) is 5.91 Å². The van der Waals surface area contributed by atoms with Gasteiger partial charge in [0.25, 0.3) is 0 Å². The van der Waals surface area contributed by atoms with Crippen LogP contribution in [0.3, 0.4) is 0 Å². The molecule has 0 fully saturated rings. The highest BCUT2D eigenvalue weighted by atomic mass is 16.5. The van der Waals surface area contributed by atoms with E-state index in [2.05, 4.69) is 10.3 Å². The Morgan fingerprint density at radius 2 is 2.16 bits per heavy atom. The minimum atomic E-state index is -1.13. The summed E-state index contributed by atoms with van der Waals surface area (Å²) < 4.78 is 5.45. The second-order valence-electron chi connectivity index (χ2n) is 4.15. The second kappa shape index (κ2) is 6.72. The largest absolute Gasteiger partial charge is 0.489 e. The van der Waals surface area contributed by atoms with Crippen LogP contribution in [0.15, 0.2) is 12.1 Å². The zero-order chi connectivity index (χ0) is 14.4. The zero-order valence-corrected chi connectivity index (χ0v) is 11.3. The Bertz CT molecular complexity index is 474. The van der Waals surface area contributed by atoms with Crippen molar-refractivity contribution in [3.63, 3.8) is 0 Å². The van der Waals surface area contributed by atoms with Gasteiger partial charge in [0.1, 0.15) is 12.4 Å². The number of nitrogens with zero attached hydrogens (tertiary/aromatic N) is 1. The Kier molecular flexibility index (Phi) is 5.29. The first-order valence-electron chi connectivity index (χ1n) is 6.03. The van der Waals surface area contributed by atoms with Crippen LogP contribution in [-0.2, 0) is 16.0 Å². The first-order chi connectivity index (χ1) is 8.93. The number of hydrogen-bond acceptors (Lipinski definition) is 4. The monoisotopic (exact) mass is 266 g/mol. The van der Waals surface area contributed by atoms with Crippen molar-refractivity contribution in [1.29, 1.82) is 0 Å². The summed E-state index contributed by atoms with van der Waals surface area (Å²) in [5.74, 6) is -0.994. The number of aliphatic carboxylic acids is 1. The quantitative estimate of drug-likeness (QED) is 0.799. The average molecular weight is 266 g/mol. The van der Waals surface area contributed by atoms with Crippen molar-refractivity contribution < 1.29 is 19.4 Å². The maximum Gasteiger partial charge on any atom is 0.329 e. The second-order valence-corrected chi connectivity index (χ2v) is 4.15. The molecule has 0 aliphatic carbocycles. The highest BCUT2D eigenvalue weighted by molar-refractivity contribution is 5.82. The van der Waals surface area contributed by atoms with Crippen LogP contribution in [0.25, 0.3) is 0 Å². The Morgan fingerprint density at radius 3 is 2.68 bits per heavy atom. The van der Waals surface area contributed by atoms with Crippen molar-refractivity contribution in [1.82, 2.24) is 10.3 Å². The van der Waals surface area contributed by atoms with Crippen molar-refractivity contribution in [2.75, 3.05) is 6.61 Å². The number of aromatic nitrogens is 1. The summed E-state index contributed by atoms with van der Waals surface area (Å²) in [4.78, 5) is 26.2. The smallest absolute Gasteiger partial charge is 0.329 e. The Balaban J connectivity index is 2.73. The fraction of sp³-hybridized carbons (Fsp3) is 0.462. The number of carboxylic acids is 1. The molecular weight excluding hydrogens is 248 g/mol. The first-order valence-corrected chi connectivity index (χ1v) is 6.03. The van der Waals surface area contributed by atoms with Crippen LogP contribution in [0, 0.1) is 6.92 Å². The predicted molar refractivity (Wildman–Crippen MR) is 69.1 cm³/mol. The predicted octanol–water partition coefficient (Wildman–Crippen LogP) is 0.921. The van der Waals surface area contributed by atoms with Gasteiger partial charge in [-0.15, -0.1) is 0 Å². The number of ether oxygens (including phenoxy) is 1. The Labute approximate surface area is 111 Å². The third-order valence-corrected chi connectivity index (χ3v) is 2.49. The molecular formula is C13H18N2O4. The molecule has 1 rings (SSSR count). The van der Waals surface area contributed by atoms with Gasteiger partial charge in [-0.05, 0) is 25.5 Å². The van der Waals surface area contributed by atoms with Gasteiger partial charge < -0.3 is 15.2 Å². The summed E-state index contributed by atoms with van der Waals surface area (Å²) in [6.07, 6.45) is 0.689. The molecule has 0 saturated heterocycles. The van der Waals surface area contributed by atoms with Crippen molar-refractivity contribution >= 4 is 11.9 Å². The zero-order valence-electron chi connectivity index (χ0n) is 11.3. The number of carbonyl (C=O) groups excluding carboxylic acids is 1. The van der Waals surface area contributed by atoms with Crippen molar-refractivity contribution in [2.24, 2.45) is 0 Å². The fourth-order valence-electron chi connectivity index (χ4n) is 1.58. The lowest BCUT2D eigenvalue weighted by Crippen LogP contribution is -2.43. The molecule has 1 amide bonds. The number of carboxylic acid groups (broad SMARTS) is 1. The maximum absolute atomic E-state index is 11.0. The van der Waals surface area contributed by atoms with Gasteiger partial charge in [-0.1, -0.05) is 6.92 Å². The molecule has 0 radical (unpaired) electrons. The average Bonchev–Trinajstić information content (AvgIpc) is 2.34. The third-order valence-electron chi connectivity index (χ3n) is 2.49. The SMILES string of the molecule is CCc1nc(C)ccc1OCC(NC(C)=O)C(=O)O. The van der Waals surface area contributed by atoms with Crippen molar-refractivity contribution in [2.45, 2.75) is 33.2 Å². The Hall–Kier alpha value is -2.11. The molecule has 19 heavy (non-hydrogen) atoms. The van der Waals surface area contributed by atoms with Crippen LogP contribution >= 0.6 is 0 Å². The number of nitrogens with one attached hydrogen (secondary N) is 1. The van der Waals surface area contributed by atoms with E-state index in [1.165, 1.54) is 6.92 Å². The van der Waals surface area contributed by atoms with Crippen LogP contribution in [0.4, 0.5) is 0 Å². The lowest BCUT2D eigenvalue weighted by Gasteiger charge is -2.16. The summed E-state index contributed by atoms with van der Waals surface area (Å²) >= 11 is 0. The molecule has 0 aliphatic rings. The third kappa shape index (κ3) is 4.57. The normalized spacial score (nSPS) is 11.7. The lowest BCUT2D eigenvalue weighted by atomic mass is 10.2. The molecule has 0 aromatic carbocycles. The molecule has 1 atom stereocenters. The number of carbonyl (C=O) groups is 2. The minimum Gasteiger partial charge on any atom is -0.489 e. The summed E-state index contributed by atoms with van der Waals surface area (Å²) in [6, 6.07) is 2.49. The summed E-state index contributed by atoms with van der Waals surface area (Å²) in [5.41, 5.74) is 1.65. The molecule has 1 aromatic heterocycles. The highest BCUT2D eigenvalue weighted by Gasteiger charge is 2.19. The van der Waals surface area contributed by atoms with Crippen LogP contribution in [0.5, 0.6) is 5.75 Å². The summed E-state index contributed by atoms with van der Waals surface area (Å²) in [5, 5.41) is 11.3. The van der Waals surface area contributed by atoms with Gasteiger partial charge in [-0.3, -0.25) is 9.78 Å². The van der Waals surface area contributed by atoms with Gasteiger partial charge in [0, 0.05) is 12.6 Å². The van der Waals surface area contributed by atoms with Crippen molar-refractivity contribution in [3.8, 4) is 5.75 Å². The van der Waals surface area contributed by atoms with Crippen LogP contribution in [0.2, 0.25) is 0 Å². The van der Waals surface area contributed by atoms with Gasteiger partial charge in [0.15, 0.2) is 6.04 Å². The number of rotatable bonds is 6. The molecule has 1 aromatic rings. The van der Waals surface area contributed by atoms with E-state index in [4.69, 9.17) is 9.84 Å². The molecule has 104 valence electrons. The molecule has 6 nitrogen and oxygen atoms in total. The molecule has 0 bridgehead atoms. The van der Waals surface area contributed by atoms with Crippen molar-refractivity contribution in [3.05, 3.63) is 23.5 Å². The minimum absolute atomic E-state index is 0.132. The Morgan fingerprint density at radius 1 is 1.47 bits per heavy atom. The van der Waals surface area contributed by atoms with E-state index in [0.717, 1.165) is 11.4 Å².